The van der Waals surface area contributed by atoms with Gasteiger partial charge in [0, 0.05) is 11.9 Å². The number of nitrogens with one attached hydrogen (secondary N) is 2. The molecule has 33 heavy (non-hydrogen) atoms. The molecule has 3 aromatic rings. The lowest BCUT2D eigenvalue weighted by atomic mass is 9.96. The standard InChI is InChI=1S/C24H22FN3O4S/c25-23-20-12-18(17-8-10-26-11-9-17)6-7-19(20)13-21(32-15-16-4-2-1-3-5-16)24(23)28-14-22(29)27-33(28,30)31/h1-8,12-13,26H,9-11,14-15H2,(H,27,29). The molecule has 5 rings (SSSR count). The number of rotatable bonds is 5. The van der Waals surface area contributed by atoms with E-state index in [2.05, 4.69) is 11.4 Å². The van der Waals surface area contributed by atoms with Crippen LogP contribution < -0.4 is 19.1 Å². The van der Waals surface area contributed by atoms with Crippen LogP contribution in [-0.4, -0.2) is 34.0 Å². The van der Waals surface area contributed by atoms with Crippen LogP contribution in [0.25, 0.3) is 16.3 Å². The van der Waals surface area contributed by atoms with Crippen LogP contribution in [0.5, 0.6) is 5.75 Å². The largest absolute Gasteiger partial charge is 0.487 e. The smallest absolute Gasteiger partial charge is 0.326 e. The molecule has 0 aromatic heterocycles. The molecule has 0 aliphatic carbocycles. The van der Waals surface area contributed by atoms with Gasteiger partial charge in [0.25, 0.3) is 5.91 Å². The number of carbonyl (C=O) groups excluding carboxylic acids is 1. The Morgan fingerprint density at radius 3 is 2.61 bits per heavy atom. The first-order valence-electron chi connectivity index (χ1n) is 10.6. The summed E-state index contributed by atoms with van der Waals surface area (Å²) in [5.74, 6) is -1.41. The number of amides is 1. The molecule has 1 amide bonds. The van der Waals surface area contributed by atoms with Gasteiger partial charge in [0.2, 0.25) is 0 Å². The minimum atomic E-state index is -4.22. The Hall–Kier alpha value is -3.43. The first-order chi connectivity index (χ1) is 15.9. The summed E-state index contributed by atoms with van der Waals surface area (Å²) in [5, 5.41) is 4.09. The molecule has 0 bridgehead atoms. The lowest BCUT2D eigenvalue weighted by Gasteiger charge is -2.22. The van der Waals surface area contributed by atoms with Gasteiger partial charge in [0.05, 0.1) is 0 Å². The molecule has 7 nitrogen and oxygen atoms in total. The number of halogens is 1. The number of benzene rings is 3. The van der Waals surface area contributed by atoms with E-state index in [0.717, 1.165) is 40.5 Å². The van der Waals surface area contributed by atoms with E-state index in [4.69, 9.17) is 4.74 Å². The number of hydrogen-bond acceptors (Lipinski definition) is 5. The van der Waals surface area contributed by atoms with Crippen molar-refractivity contribution in [2.75, 3.05) is 23.9 Å². The minimum Gasteiger partial charge on any atom is -0.487 e. The highest BCUT2D eigenvalue weighted by Gasteiger charge is 2.38. The summed E-state index contributed by atoms with van der Waals surface area (Å²) >= 11 is 0. The molecular weight excluding hydrogens is 445 g/mol. The third kappa shape index (κ3) is 4.17. The summed E-state index contributed by atoms with van der Waals surface area (Å²) < 4.78 is 49.6. The summed E-state index contributed by atoms with van der Waals surface area (Å²) in [6.07, 6.45) is 2.88. The number of hydrogen-bond donors (Lipinski definition) is 2. The van der Waals surface area contributed by atoms with E-state index >= 15 is 4.39 Å². The molecule has 0 saturated carbocycles. The zero-order valence-corrected chi connectivity index (χ0v) is 18.5. The molecule has 2 aliphatic heterocycles. The average molecular weight is 468 g/mol. The Kier molecular flexibility index (Phi) is 5.51. The minimum absolute atomic E-state index is 0.0535. The Balaban J connectivity index is 1.64. The van der Waals surface area contributed by atoms with Gasteiger partial charge in [0.15, 0.2) is 5.82 Å². The fraction of sp³-hybridized carbons (Fsp3) is 0.208. The second-order valence-corrected chi connectivity index (χ2v) is 9.56. The van der Waals surface area contributed by atoms with E-state index in [1.165, 1.54) is 0 Å². The number of carbonyl (C=O) groups is 1. The highest BCUT2D eigenvalue weighted by Crippen LogP contribution is 2.40. The maximum Gasteiger partial charge on any atom is 0.326 e. The highest BCUT2D eigenvalue weighted by molar-refractivity contribution is 7.92. The van der Waals surface area contributed by atoms with E-state index in [0.29, 0.717) is 5.39 Å². The molecule has 1 saturated heterocycles. The maximum atomic E-state index is 16.0. The fourth-order valence-electron chi connectivity index (χ4n) is 4.13. The van der Waals surface area contributed by atoms with Crippen LogP contribution >= 0.6 is 0 Å². The summed E-state index contributed by atoms with van der Waals surface area (Å²) in [4.78, 5) is 11.9. The Bertz CT molecular complexity index is 1370. The van der Waals surface area contributed by atoms with Gasteiger partial charge < -0.3 is 10.1 Å². The topological polar surface area (TPSA) is 87.7 Å². The van der Waals surface area contributed by atoms with Crippen molar-refractivity contribution < 1.29 is 22.3 Å². The molecule has 0 radical (unpaired) electrons. The Morgan fingerprint density at radius 1 is 1.09 bits per heavy atom. The summed E-state index contributed by atoms with van der Waals surface area (Å²) in [6, 6.07) is 16.4. The fourth-order valence-corrected chi connectivity index (χ4v) is 5.29. The van der Waals surface area contributed by atoms with E-state index in [1.54, 1.807) is 18.2 Å². The van der Waals surface area contributed by atoms with Gasteiger partial charge in [-0.1, -0.05) is 48.5 Å². The van der Waals surface area contributed by atoms with Gasteiger partial charge >= 0.3 is 10.2 Å². The first kappa shape index (κ1) is 21.4. The summed E-state index contributed by atoms with van der Waals surface area (Å²) in [5.41, 5.74) is 2.56. The molecule has 2 heterocycles. The van der Waals surface area contributed by atoms with Gasteiger partial charge in [-0.3, -0.25) is 4.79 Å². The molecule has 3 aromatic carbocycles. The van der Waals surface area contributed by atoms with Crippen molar-refractivity contribution >= 4 is 38.1 Å². The normalized spacial score (nSPS) is 17.7. The van der Waals surface area contributed by atoms with Crippen molar-refractivity contribution in [2.24, 2.45) is 0 Å². The van der Waals surface area contributed by atoms with Crippen LogP contribution in [0.15, 0.2) is 60.7 Å². The van der Waals surface area contributed by atoms with Crippen molar-refractivity contribution in [3.05, 3.63) is 77.6 Å². The molecule has 0 unspecified atom stereocenters. The number of anilines is 1. The van der Waals surface area contributed by atoms with E-state index in [9.17, 15) is 13.2 Å². The first-order valence-corrected chi connectivity index (χ1v) is 12.0. The second kappa shape index (κ2) is 8.49. The lowest BCUT2D eigenvalue weighted by Crippen LogP contribution is -2.30. The predicted octanol–water partition coefficient (Wildman–Crippen LogP) is 3.12. The molecular formula is C24H22FN3O4S. The summed E-state index contributed by atoms with van der Waals surface area (Å²) in [7, 11) is -4.22. The number of ether oxygens (including phenoxy) is 1. The molecule has 0 atom stereocenters. The summed E-state index contributed by atoms with van der Waals surface area (Å²) in [6.45, 7) is 1.19. The van der Waals surface area contributed by atoms with Gasteiger partial charge in [-0.2, -0.15) is 8.42 Å². The quantitative estimate of drug-likeness (QED) is 0.602. The average Bonchev–Trinajstić information content (AvgIpc) is 3.10. The second-order valence-electron chi connectivity index (χ2n) is 7.97. The number of nitrogens with zero attached hydrogens (tertiary/aromatic N) is 1. The van der Waals surface area contributed by atoms with Gasteiger partial charge in [-0.25, -0.2) is 13.4 Å². The number of fused-ring (bicyclic) bond motifs is 1. The molecule has 0 spiro atoms. The third-order valence-electron chi connectivity index (χ3n) is 5.76. The molecule has 2 N–H and O–H groups in total. The van der Waals surface area contributed by atoms with Gasteiger partial charge in [-0.15, -0.1) is 0 Å². The molecule has 1 fully saturated rings. The van der Waals surface area contributed by atoms with Gasteiger partial charge in [-0.05, 0) is 47.2 Å². The third-order valence-corrected chi connectivity index (χ3v) is 7.14. The monoisotopic (exact) mass is 467 g/mol. The van der Waals surface area contributed by atoms with Crippen molar-refractivity contribution in [3.8, 4) is 5.75 Å². The van der Waals surface area contributed by atoms with E-state index < -0.39 is 28.5 Å². The van der Waals surface area contributed by atoms with Crippen molar-refractivity contribution in [2.45, 2.75) is 13.0 Å². The maximum absolute atomic E-state index is 16.0. The Labute approximate surface area is 191 Å². The van der Waals surface area contributed by atoms with Crippen molar-refractivity contribution in [1.82, 2.24) is 10.0 Å². The molecule has 170 valence electrons. The van der Waals surface area contributed by atoms with Crippen LogP contribution in [-0.2, 0) is 21.6 Å². The zero-order chi connectivity index (χ0) is 23.0. The van der Waals surface area contributed by atoms with Crippen molar-refractivity contribution in [3.63, 3.8) is 0 Å². The lowest BCUT2D eigenvalue weighted by molar-refractivity contribution is -0.117. The van der Waals surface area contributed by atoms with Crippen LogP contribution in [0.1, 0.15) is 17.5 Å². The SMILES string of the molecule is O=C1CN(c2c(OCc3ccccc3)cc3ccc(C4=CCNCC4)cc3c2F)S(=O)(=O)N1. The molecule has 9 heteroatoms. The predicted molar refractivity (Wildman–Crippen MR) is 125 cm³/mol. The molecule has 2 aliphatic rings. The van der Waals surface area contributed by atoms with E-state index in [1.807, 2.05) is 41.1 Å². The van der Waals surface area contributed by atoms with Crippen LogP contribution in [0.2, 0.25) is 0 Å². The Morgan fingerprint density at radius 2 is 1.91 bits per heavy atom. The van der Waals surface area contributed by atoms with Gasteiger partial charge in [0.1, 0.15) is 24.6 Å². The van der Waals surface area contributed by atoms with E-state index in [-0.39, 0.29) is 23.4 Å². The van der Waals surface area contributed by atoms with Crippen LogP contribution in [0.3, 0.4) is 0 Å². The van der Waals surface area contributed by atoms with Crippen molar-refractivity contribution in [1.29, 1.82) is 0 Å². The van der Waals surface area contributed by atoms with Crippen LogP contribution in [0, 0.1) is 5.82 Å². The highest BCUT2D eigenvalue weighted by atomic mass is 32.2. The van der Waals surface area contributed by atoms with Crippen LogP contribution in [0.4, 0.5) is 10.1 Å². The zero-order valence-electron chi connectivity index (χ0n) is 17.7.